The van der Waals surface area contributed by atoms with Crippen LogP contribution in [0.4, 0.5) is 0 Å². The molecule has 0 bridgehead atoms. The Kier molecular flexibility index (Phi) is 9.71. The van der Waals surface area contributed by atoms with Crippen molar-refractivity contribution in [3.05, 3.63) is 62.1 Å². The van der Waals surface area contributed by atoms with Crippen LogP contribution in [0, 0.1) is 0 Å². The largest absolute Gasteiger partial charge is 0.489 e. The van der Waals surface area contributed by atoms with Crippen LogP contribution in [0.15, 0.2) is 36.4 Å². The monoisotopic (exact) mass is 510 g/mol. The molecule has 0 radical (unpaired) electrons. The molecule has 0 saturated carbocycles. The minimum atomic E-state index is -0.308. The summed E-state index contributed by atoms with van der Waals surface area (Å²) in [5.41, 5.74) is 1.02. The van der Waals surface area contributed by atoms with Gasteiger partial charge in [-0.3, -0.25) is 0 Å². The number of alkyl halides is 1. The molecule has 30 heavy (non-hydrogen) atoms. The van der Waals surface area contributed by atoms with E-state index in [1.54, 1.807) is 24.3 Å². The third-order valence-corrected chi connectivity index (χ3v) is 6.36. The summed E-state index contributed by atoms with van der Waals surface area (Å²) in [5.74, 6) is 0.971. The quantitative estimate of drug-likeness (QED) is 0.321. The van der Waals surface area contributed by atoms with Crippen molar-refractivity contribution in [2.75, 3.05) is 12.5 Å². The second-order valence-electron chi connectivity index (χ2n) is 7.19. The molecule has 3 rings (SSSR count). The van der Waals surface area contributed by atoms with Crippen molar-refractivity contribution in [1.82, 2.24) is 0 Å². The van der Waals surface area contributed by atoms with Gasteiger partial charge in [0.1, 0.15) is 12.4 Å². The first-order valence-electron chi connectivity index (χ1n) is 9.83. The predicted molar refractivity (Wildman–Crippen MR) is 125 cm³/mol. The van der Waals surface area contributed by atoms with Gasteiger partial charge in [0.2, 0.25) is 0 Å². The van der Waals surface area contributed by atoms with Crippen LogP contribution in [-0.4, -0.2) is 31.0 Å². The lowest BCUT2D eigenvalue weighted by atomic mass is 10.1. The summed E-state index contributed by atoms with van der Waals surface area (Å²) in [6.45, 7) is 0.396. The van der Waals surface area contributed by atoms with Crippen molar-refractivity contribution in [2.45, 2.75) is 50.6 Å². The lowest BCUT2D eigenvalue weighted by Gasteiger charge is -2.32. The van der Waals surface area contributed by atoms with Gasteiger partial charge in [-0.1, -0.05) is 52.5 Å². The lowest BCUT2D eigenvalue weighted by molar-refractivity contribution is -0.216. The number of halogens is 5. The number of hydrogen-bond acceptors (Lipinski definition) is 3. The fourth-order valence-corrected chi connectivity index (χ4v) is 4.49. The normalized spacial score (nSPS) is 20.2. The van der Waals surface area contributed by atoms with E-state index >= 15 is 0 Å². The van der Waals surface area contributed by atoms with E-state index in [0.717, 1.165) is 37.7 Å². The van der Waals surface area contributed by atoms with Crippen molar-refractivity contribution < 1.29 is 14.2 Å². The minimum absolute atomic E-state index is 0.0721. The van der Waals surface area contributed by atoms with E-state index in [-0.39, 0.29) is 18.5 Å². The standard InChI is InChI=1S/C22H23Cl5O3/c23-12-17(8-5-14-4-6-15(24)10-19(14)26)29-22-3-1-2-18(30-22)13-28-21-9-7-16(25)11-20(21)27/h4,6-7,9-11,17-18,22H,1-3,5,8,12-13H2/t17?,18-,22-/m1/s1. The van der Waals surface area contributed by atoms with E-state index in [4.69, 9.17) is 72.2 Å². The Morgan fingerprint density at radius 2 is 1.70 bits per heavy atom. The molecule has 2 aromatic rings. The first kappa shape index (κ1) is 24.3. The Balaban J connectivity index is 1.47. The summed E-state index contributed by atoms with van der Waals surface area (Å²) >= 11 is 30.4. The van der Waals surface area contributed by atoms with Crippen LogP contribution < -0.4 is 4.74 Å². The highest BCUT2D eigenvalue weighted by molar-refractivity contribution is 6.35. The fraction of sp³-hybridized carbons (Fsp3) is 0.455. The Bertz CT molecular complexity index is 832. The van der Waals surface area contributed by atoms with Gasteiger partial charge in [-0.2, -0.15) is 0 Å². The van der Waals surface area contributed by atoms with Gasteiger partial charge < -0.3 is 14.2 Å². The van der Waals surface area contributed by atoms with Crippen LogP contribution >= 0.6 is 58.0 Å². The van der Waals surface area contributed by atoms with Gasteiger partial charge in [0.05, 0.1) is 17.2 Å². The Morgan fingerprint density at radius 3 is 2.40 bits per heavy atom. The van der Waals surface area contributed by atoms with E-state index in [1.165, 1.54) is 0 Å². The van der Waals surface area contributed by atoms with Crippen molar-refractivity contribution >= 4 is 58.0 Å². The highest BCUT2D eigenvalue weighted by Gasteiger charge is 2.26. The van der Waals surface area contributed by atoms with Crippen LogP contribution in [-0.2, 0) is 15.9 Å². The summed E-state index contributed by atoms with van der Waals surface area (Å²) in [6.07, 6.45) is 3.70. The topological polar surface area (TPSA) is 27.7 Å². The summed E-state index contributed by atoms with van der Waals surface area (Å²) in [5, 5.41) is 2.33. The smallest absolute Gasteiger partial charge is 0.158 e. The molecule has 1 aliphatic heterocycles. The lowest BCUT2D eigenvalue weighted by Crippen LogP contribution is -2.36. The second-order valence-corrected chi connectivity index (χ2v) is 9.19. The molecule has 0 spiro atoms. The molecule has 3 nitrogen and oxygen atoms in total. The highest BCUT2D eigenvalue weighted by Crippen LogP contribution is 2.29. The van der Waals surface area contributed by atoms with Gasteiger partial charge in [-0.05, 0) is 68.0 Å². The second kappa shape index (κ2) is 12.0. The van der Waals surface area contributed by atoms with E-state index in [0.29, 0.717) is 38.3 Å². The predicted octanol–water partition coefficient (Wildman–Crippen LogP) is 7.83. The molecule has 1 fully saturated rings. The maximum absolute atomic E-state index is 6.26. The number of aryl methyl sites for hydroxylation is 1. The Morgan fingerprint density at radius 1 is 0.967 bits per heavy atom. The van der Waals surface area contributed by atoms with Gasteiger partial charge >= 0.3 is 0 Å². The van der Waals surface area contributed by atoms with Crippen LogP contribution in [0.1, 0.15) is 31.2 Å². The zero-order chi connectivity index (χ0) is 21.5. The number of hydrogen-bond donors (Lipinski definition) is 0. The molecule has 164 valence electrons. The average Bonchev–Trinajstić information content (AvgIpc) is 2.72. The molecule has 0 aliphatic carbocycles. The molecule has 3 atom stereocenters. The van der Waals surface area contributed by atoms with Gasteiger partial charge in [-0.25, -0.2) is 0 Å². The minimum Gasteiger partial charge on any atom is -0.489 e. The summed E-state index contributed by atoms with van der Waals surface area (Å²) in [4.78, 5) is 0. The highest BCUT2D eigenvalue weighted by atomic mass is 35.5. The molecule has 0 amide bonds. The molecule has 1 heterocycles. The summed E-state index contributed by atoms with van der Waals surface area (Å²) in [6, 6.07) is 10.7. The number of benzene rings is 2. The zero-order valence-corrected chi connectivity index (χ0v) is 20.0. The summed E-state index contributed by atoms with van der Waals surface area (Å²) < 4.78 is 18.0. The van der Waals surface area contributed by atoms with Crippen LogP contribution in [0.3, 0.4) is 0 Å². The van der Waals surface area contributed by atoms with Gasteiger partial charge in [0, 0.05) is 20.9 Å². The van der Waals surface area contributed by atoms with E-state index in [9.17, 15) is 0 Å². The van der Waals surface area contributed by atoms with E-state index in [2.05, 4.69) is 0 Å². The molecule has 0 N–H and O–H groups in total. The summed E-state index contributed by atoms with van der Waals surface area (Å²) in [7, 11) is 0. The van der Waals surface area contributed by atoms with E-state index < -0.39 is 0 Å². The first-order chi connectivity index (χ1) is 14.4. The number of ether oxygens (including phenoxy) is 3. The third-order valence-electron chi connectivity index (χ3n) is 4.90. The maximum atomic E-state index is 6.26. The number of rotatable bonds is 9. The molecule has 1 saturated heterocycles. The first-order valence-corrected chi connectivity index (χ1v) is 11.9. The molecule has 8 heteroatoms. The molecule has 1 aliphatic rings. The Hall–Kier alpha value is -0.390. The van der Waals surface area contributed by atoms with Crippen LogP contribution in [0.5, 0.6) is 5.75 Å². The molecular weight excluding hydrogens is 490 g/mol. The third kappa shape index (κ3) is 7.34. The van der Waals surface area contributed by atoms with Gasteiger partial charge in [-0.15, -0.1) is 11.6 Å². The maximum Gasteiger partial charge on any atom is 0.158 e. The van der Waals surface area contributed by atoms with E-state index in [1.807, 2.05) is 12.1 Å². The Labute approximate surface area is 202 Å². The zero-order valence-electron chi connectivity index (χ0n) is 16.3. The van der Waals surface area contributed by atoms with Gasteiger partial charge in [0.15, 0.2) is 6.29 Å². The molecule has 0 aromatic heterocycles. The molecule has 1 unspecified atom stereocenters. The van der Waals surface area contributed by atoms with Crippen molar-refractivity contribution in [1.29, 1.82) is 0 Å². The fourth-order valence-electron chi connectivity index (χ4n) is 3.30. The SMILES string of the molecule is ClCC(CCc1ccc(Cl)cc1Cl)O[C@H]1CCC[C@H](COc2ccc(Cl)cc2Cl)O1. The van der Waals surface area contributed by atoms with Crippen molar-refractivity contribution in [3.63, 3.8) is 0 Å². The van der Waals surface area contributed by atoms with Crippen LogP contribution in [0.25, 0.3) is 0 Å². The van der Waals surface area contributed by atoms with Crippen molar-refractivity contribution in [2.24, 2.45) is 0 Å². The molecule has 2 aromatic carbocycles. The average molecular weight is 513 g/mol. The molecular formula is C22H23Cl5O3. The van der Waals surface area contributed by atoms with Crippen LogP contribution in [0.2, 0.25) is 20.1 Å². The van der Waals surface area contributed by atoms with Gasteiger partial charge in [0.25, 0.3) is 0 Å². The van der Waals surface area contributed by atoms with Crippen molar-refractivity contribution in [3.8, 4) is 5.75 Å².